The summed E-state index contributed by atoms with van der Waals surface area (Å²) in [4.78, 5) is 11.2. The van der Waals surface area contributed by atoms with Gasteiger partial charge in [-0.1, -0.05) is 6.07 Å². The topological polar surface area (TPSA) is 41.1 Å². The molecule has 0 aliphatic rings. The highest BCUT2D eigenvalue weighted by molar-refractivity contribution is 9.13. The van der Waals surface area contributed by atoms with Crippen molar-refractivity contribution < 1.29 is 4.79 Å². The zero-order chi connectivity index (χ0) is 12.7. The summed E-state index contributed by atoms with van der Waals surface area (Å²) in [6.07, 6.45) is 0.519. The van der Waals surface area contributed by atoms with Crippen molar-refractivity contribution >= 4 is 37.8 Å². The maximum atomic E-state index is 11.2. The van der Waals surface area contributed by atoms with E-state index in [-0.39, 0.29) is 5.91 Å². The van der Waals surface area contributed by atoms with Crippen molar-refractivity contribution in [3.05, 3.63) is 32.7 Å². The Balaban J connectivity index is 2.26. The van der Waals surface area contributed by atoms with Gasteiger partial charge in [-0.05, 0) is 56.5 Å². The summed E-state index contributed by atoms with van der Waals surface area (Å²) < 4.78 is 2.09. The molecule has 1 amide bonds. The SMILES string of the molecule is CCNC(=O)CCNCc1ccc(Br)c(Br)c1. The van der Waals surface area contributed by atoms with Gasteiger partial charge in [0, 0.05) is 35.0 Å². The summed E-state index contributed by atoms with van der Waals surface area (Å²) in [5.41, 5.74) is 1.19. The quantitative estimate of drug-likeness (QED) is 0.763. The zero-order valence-corrected chi connectivity index (χ0v) is 12.9. The van der Waals surface area contributed by atoms with E-state index < -0.39 is 0 Å². The van der Waals surface area contributed by atoms with E-state index in [9.17, 15) is 4.79 Å². The summed E-state index contributed by atoms with van der Waals surface area (Å²) in [7, 11) is 0. The van der Waals surface area contributed by atoms with Crippen LogP contribution in [0.2, 0.25) is 0 Å². The predicted octanol–water partition coefficient (Wildman–Crippen LogP) is 2.83. The fraction of sp³-hybridized carbons (Fsp3) is 0.417. The second-order valence-corrected chi connectivity index (χ2v) is 5.34. The maximum Gasteiger partial charge on any atom is 0.221 e. The van der Waals surface area contributed by atoms with Gasteiger partial charge in [-0.2, -0.15) is 0 Å². The number of hydrogen-bond acceptors (Lipinski definition) is 2. The molecule has 0 unspecified atom stereocenters. The largest absolute Gasteiger partial charge is 0.356 e. The molecule has 0 aliphatic carbocycles. The van der Waals surface area contributed by atoms with Crippen LogP contribution in [-0.4, -0.2) is 19.0 Å². The molecule has 0 bridgehead atoms. The molecule has 0 radical (unpaired) electrons. The molecule has 0 aliphatic heterocycles. The fourth-order valence-corrected chi connectivity index (χ4v) is 2.04. The zero-order valence-electron chi connectivity index (χ0n) is 9.72. The lowest BCUT2D eigenvalue weighted by Crippen LogP contribution is -2.27. The molecule has 1 aromatic carbocycles. The summed E-state index contributed by atoms with van der Waals surface area (Å²) in [6, 6.07) is 6.11. The van der Waals surface area contributed by atoms with Crippen molar-refractivity contribution in [1.82, 2.24) is 10.6 Å². The van der Waals surface area contributed by atoms with Crippen LogP contribution in [0.3, 0.4) is 0 Å². The molecule has 1 aromatic rings. The van der Waals surface area contributed by atoms with Crippen LogP contribution in [-0.2, 0) is 11.3 Å². The first-order valence-electron chi connectivity index (χ1n) is 5.54. The van der Waals surface area contributed by atoms with Gasteiger partial charge in [0.15, 0.2) is 0 Å². The summed E-state index contributed by atoms with van der Waals surface area (Å²) >= 11 is 6.89. The van der Waals surface area contributed by atoms with Crippen molar-refractivity contribution in [2.45, 2.75) is 19.9 Å². The van der Waals surface area contributed by atoms with E-state index in [0.29, 0.717) is 19.5 Å². The molecule has 17 heavy (non-hydrogen) atoms. The Morgan fingerprint density at radius 1 is 1.29 bits per heavy atom. The van der Waals surface area contributed by atoms with Crippen LogP contribution < -0.4 is 10.6 Å². The van der Waals surface area contributed by atoms with Gasteiger partial charge in [-0.25, -0.2) is 0 Å². The highest BCUT2D eigenvalue weighted by atomic mass is 79.9. The van der Waals surface area contributed by atoms with Crippen LogP contribution in [0.5, 0.6) is 0 Å². The smallest absolute Gasteiger partial charge is 0.221 e. The van der Waals surface area contributed by atoms with Gasteiger partial charge in [-0.15, -0.1) is 0 Å². The van der Waals surface area contributed by atoms with E-state index in [1.807, 2.05) is 19.1 Å². The average Bonchev–Trinajstić information content (AvgIpc) is 2.29. The van der Waals surface area contributed by atoms with Crippen LogP contribution in [0.1, 0.15) is 18.9 Å². The van der Waals surface area contributed by atoms with E-state index in [0.717, 1.165) is 15.5 Å². The van der Waals surface area contributed by atoms with Crippen molar-refractivity contribution in [1.29, 1.82) is 0 Å². The molecular weight excluding hydrogens is 348 g/mol. The van der Waals surface area contributed by atoms with Crippen molar-refractivity contribution in [3.63, 3.8) is 0 Å². The third-order valence-corrected chi connectivity index (χ3v) is 4.10. The fourth-order valence-electron chi connectivity index (χ4n) is 1.37. The van der Waals surface area contributed by atoms with Crippen LogP contribution in [0, 0.1) is 0 Å². The summed E-state index contributed by atoms with van der Waals surface area (Å²) in [5.74, 6) is 0.0944. The van der Waals surface area contributed by atoms with Crippen LogP contribution in [0.25, 0.3) is 0 Å². The second-order valence-electron chi connectivity index (χ2n) is 3.63. The van der Waals surface area contributed by atoms with Gasteiger partial charge in [-0.3, -0.25) is 4.79 Å². The summed E-state index contributed by atoms with van der Waals surface area (Å²) in [5, 5.41) is 6.01. The number of nitrogens with one attached hydrogen (secondary N) is 2. The van der Waals surface area contributed by atoms with Crippen LogP contribution >= 0.6 is 31.9 Å². The Morgan fingerprint density at radius 2 is 2.06 bits per heavy atom. The number of benzene rings is 1. The minimum Gasteiger partial charge on any atom is -0.356 e. The van der Waals surface area contributed by atoms with Crippen LogP contribution in [0.15, 0.2) is 27.1 Å². The third kappa shape index (κ3) is 5.66. The van der Waals surface area contributed by atoms with Gasteiger partial charge in [0.2, 0.25) is 5.91 Å². The van der Waals surface area contributed by atoms with E-state index in [4.69, 9.17) is 0 Å². The van der Waals surface area contributed by atoms with E-state index in [2.05, 4.69) is 48.6 Å². The second kappa shape index (κ2) is 7.84. The number of carbonyl (C=O) groups is 1. The third-order valence-electron chi connectivity index (χ3n) is 2.22. The lowest BCUT2D eigenvalue weighted by molar-refractivity contribution is -0.120. The Hall–Kier alpha value is -0.390. The predicted molar refractivity (Wildman–Crippen MR) is 76.8 cm³/mol. The van der Waals surface area contributed by atoms with Gasteiger partial charge in [0.25, 0.3) is 0 Å². The Bertz CT molecular complexity index is 383. The molecule has 5 heteroatoms. The minimum atomic E-state index is 0.0944. The lowest BCUT2D eigenvalue weighted by atomic mass is 10.2. The molecule has 0 fully saturated rings. The average molecular weight is 364 g/mol. The molecular formula is C12H16Br2N2O. The van der Waals surface area contributed by atoms with Gasteiger partial charge in [0.1, 0.15) is 0 Å². The standard InChI is InChI=1S/C12H16Br2N2O/c1-2-16-12(17)5-6-15-8-9-3-4-10(13)11(14)7-9/h3-4,7,15H,2,5-6,8H2,1H3,(H,16,17). The minimum absolute atomic E-state index is 0.0944. The maximum absolute atomic E-state index is 11.2. The van der Waals surface area contributed by atoms with Gasteiger partial charge in [0.05, 0.1) is 0 Å². The van der Waals surface area contributed by atoms with Crippen molar-refractivity contribution in [3.8, 4) is 0 Å². The number of amides is 1. The number of carbonyl (C=O) groups excluding carboxylic acids is 1. The number of hydrogen-bond donors (Lipinski definition) is 2. The number of halogens is 2. The molecule has 0 spiro atoms. The molecule has 1 rings (SSSR count). The molecule has 94 valence electrons. The van der Waals surface area contributed by atoms with E-state index >= 15 is 0 Å². The molecule has 0 heterocycles. The summed E-state index contributed by atoms with van der Waals surface area (Å²) in [6.45, 7) is 4.08. The van der Waals surface area contributed by atoms with Crippen molar-refractivity contribution in [2.24, 2.45) is 0 Å². The normalized spacial score (nSPS) is 10.3. The first kappa shape index (κ1) is 14.7. The number of rotatable bonds is 6. The first-order chi connectivity index (χ1) is 8.13. The first-order valence-corrected chi connectivity index (χ1v) is 7.13. The molecule has 0 atom stereocenters. The molecule has 0 aromatic heterocycles. The molecule has 0 saturated carbocycles. The Kier molecular flexibility index (Phi) is 6.77. The van der Waals surface area contributed by atoms with E-state index in [1.165, 1.54) is 5.56 Å². The molecule has 2 N–H and O–H groups in total. The van der Waals surface area contributed by atoms with Gasteiger partial charge >= 0.3 is 0 Å². The van der Waals surface area contributed by atoms with Crippen LogP contribution in [0.4, 0.5) is 0 Å². The molecule has 0 saturated heterocycles. The highest BCUT2D eigenvalue weighted by Crippen LogP contribution is 2.23. The Morgan fingerprint density at radius 3 is 2.71 bits per heavy atom. The van der Waals surface area contributed by atoms with Crippen molar-refractivity contribution in [2.75, 3.05) is 13.1 Å². The molecule has 3 nitrogen and oxygen atoms in total. The highest BCUT2D eigenvalue weighted by Gasteiger charge is 2.00. The monoisotopic (exact) mass is 362 g/mol. The van der Waals surface area contributed by atoms with E-state index in [1.54, 1.807) is 0 Å². The van der Waals surface area contributed by atoms with Gasteiger partial charge < -0.3 is 10.6 Å². The lowest BCUT2D eigenvalue weighted by Gasteiger charge is -2.06. The Labute approximate surface area is 119 Å².